The summed E-state index contributed by atoms with van der Waals surface area (Å²) in [5.41, 5.74) is 4.71. The summed E-state index contributed by atoms with van der Waals surface area (Å²) in [6, 6.07) is 20.2. The Morgan fingerprint density at radius 1 is 1.03 bits per heavy atom. The molecule has 0 radical (unpaired) electrons. The van der Waals surface area contributed by atoms with Gasteiger partial charge in [-0.2, -0.15) is 4.98 Å². The fourth-order valence-electron chi connectivity index (χ4n) is 4.10. The minimum atomic E-state index is -0.600. The Hall–Kier alpha value is -3.97. The van der Waals surface area contributed by atoms with Crippen LogP contribution in [-0.2, 0) is 6.54 Å². The summed E-state index contributed by atoms with van der Waals surface area (Å²) in [5.74, 6) is 0.349. The molecule has 35 heavy (non-hydrogen) atoms. The van der Waals surface area contributed by atoms with Crippen molar-refractivity contribution < 1.29 is 13.7 Å². The lowest BCUT2D eigenvalue weighted by Crippen LogP contribution is -2.45. The highest BCUT2D eigenvalue weighted by Gasteiger charge is 2.36. The minimum Gasteiger partial charge on any atom is -0.334 e. The maximum atomic E-state index is 13.6. The number of aromatic nitrogens is 2. The molecule has 0 bridgehead atoms. The van der Waals surface area contributed by atoms with Gasteiger partial charge in [-0.25, -0.2) is 9.18 Å². The van der Waals surface area contributed by atoms with E-state index in [-0.39, 0.29) is 24.3 Å². The van der Waals surface area contributed by atoms with Gasteiger partial charge in [-0.15, -0.1) is 0 Å². The van der Waals surface area contributed by atoms with Crippen molar-refractivity contribution >= 4 is 23.2 Å². The van der Waals surface area contributed by atoms with Gasteiger partial charge >= 0.3 is 6.03 Å². The molecule has 0 saturated carbocycles. The van der Waals surface area contributed by atoms with E-state index >= 15 is 0 Å². The van der Waals surface area contributed by atoms with Gasteiger partial charge < -0.3 is 9.84 Å². The molecule has 6 nitrogen and oxygen atoms in total. The van der Waals surface area contributed by atoms with Crippen LogP contribution >= 0.6 is 11.6 Å². The van der Waals surface area contributed by atoms with Gasteiger partial charge in [-0.05, 0) is 43.2 Å². The van der Waals surface area contributed by atoms with Crippen molar-refractivity contribution in [3.8, 4) is 11.4 Å². The van der Waals surface area contributed by atoms with Crippen molar-refractivity contribution in [1.29, 1.82) is 0 Å². The number of allylic oxidation sites excluding steroid dienone is 1. The lowest BCUT2D eigenvalue weighted by atomic mass is 9.94. The standard InChI is InChI=1S/C27H22ClFN4O2/c1-16-7-9-19(10-8-16)25-31-26(35-32-25)23-17(2)33(15-20-5-3-4-6-22(20)28)27(34)30-24(23)18-11-13-21(29)14-12-18/h3-14,24H,15H2,1-2H3,(H,30,34). The van der Waals surface area contributed by atoms with E-state index in [0.717, 1.165) is 16.7 Å². The molecular formula is C27H22ClFN4O2. The number of rotatable bonds is 5. The van der Waals surface area contributed by atoms with E-state index in [2.05, 4.69) is 15.5 Å². The van der Waals surface area contributed by atoms with Gasteiger partial charge in [0.1, 0.15) is 5.82 Å². The summed E-state index contributed by atoms with van der Waals surface area (Å²) >= 11 is 6.36. The molecule has 1 aliphatic rings. The van der Waals surface area contributed by atoms with Crippen LogP contribution in [0.1, 0.15) is 35.5 Å². The Labute approximate surface area is 207 Å². The van der Waals surface area contributed by atoms with E-state index in [9.17, 15) is 9.18 Å². The second-order valence-electron chi connectivity index (χ2n) is 8.40. The summed E-state index contributed by atoms with van der Waals surface area (Å²) in [5, 5.41) is 7.76. The van der Waals surface area contributed by atoms with Crippen LogP contribution in [0.5, 0.6) is 0 Å². The van der Waals surface area contributed by atoms with Gasteiger partial charge in [0.25, 0.3) is 5.89 Å². The van der Waals surface area contributed by atoms with Gasteiger partial charge in [-0.3, -0.25) is 4.90 Å². The fourth-order valence-corrected chi connectivity index (χ4v) is 4.30. The van der Waals surface area contributed by atoms with Crippen molar-refractivity contribution in [3.05, 3.63) is 112 Å². The molecule has 2 amide bonds. The normalized spacial score (nSPS) is 15.9. The lowest BCUT2D eigenvalue weighted by Gasteiger charge is -2.35. The minimum absolute atomic E-state index is 0.260. The zero-order chi connectivity index (χ0) is 24.5. The topological polar surface area (TPSA) is 71.3 Å². The van der Waals surface area contributed by atoms with Crippen LogP contribution < -0.4 is 5.32 Å². The Bertz CT molecular complexity index is 1410. The van der Waals surface area contributed by atoms with Crippen LogP contribution in [0.3, 0.4) is 0 Å². The molecule has 1 unspecified atom stereocenters. The maximum Gasteiger partial charge on any atom is 0.322 e. The third kappa shape index (κ3) is 4.55. The van der Waals surface area contributed by atoms with Crippen molar-refractivity contribution in [3.63, 3.8) is 0 Å². The molecule has 176 valence electrons. The van der Waals surface area contributed by atoms with Crippen LogP contribution in [0, 0.1) is 12.7 Å². The summed E-state index contributed by atoms with van der Waals surface area (Å²) in [6.07, 6.45) is 0. The molecule has 0 spiro atoms. The van der Waals surface area contributed by atoms with E-state index in [4.69, 9.17) is 16.1 Å². The Morgan fingerprint density at radius 2 is 1.74 bits per heavy atom. The number of hydrogen-bond donors (Lipinski definition) is 1. The molecule has 1 aliphatic heterocycles. The number of nitrogens with one attached hydrogen (secondary N) is 1. The average molecular weight is 489 g/mol. The van der Waals surface area contributed by atoms with Crippen molar-refractivity contribution in [2.24, 2.45) is 0 Å². The van der Waals surface area contributed by atoms with Crippen molar-refractivity contribution in [2.45, 2.75) is 26.4 Å². The summed E-state index contributed by atoms with van der Waals surface area (Å²) in [6.45, 7) is 4.10. The quantitative estimate of drug-likeness (QED) is 0.346. The maximum absolute atomic E-state index is 13.6. The smallest absolute Gasteiger partial charge is 0.322 e. The highest BCUT2D eigenvalue weighted by molar-refractivity contribution is 6.31. The largest absolute Gasteiger partial charge is 0.334 e. The number of halogens is 2. The molecule has 1 atom stereocenters. The fraction of sp³-hybridized carbons (Fsp3) is 0.148. The number of carbonyl (C=O) groups is 1. The Morgan fingerprint density at radius 3 is 2.46 bits per heavy atom. The van der Waals surface area contributed by atoms with Crippen LogP contribution in [0.4, 0.5) is 9.18 Å². The predicted molar refractivity (Wildman–Crippen MR) is 132 cm³/mol. The van der Waals surface area contributed by atoms with E-state index in [0.29, 0.717) is 27.7 Å². The molecular weight excluding hydrogens is 467 g/mol. The lowest BCUT2D eigenvalue weighted by molar-refractivity contribution is 0.203. The number of benzene rings is 3. The van der Waals surface area contributed by atoms with Crippen LogP contribution in [0.2, 0.25) is 5.02 Å². The van der Waals surface area contributed by atoms with E-state index in [1.165, 1.54) is 12.1 Å². The zero-order valence-electron chi connectivity index (χ0n) is 19.1. The molecule has 3 aromatic carbocycles. The molecule has 2 heterocycles. The van der Waals surface area contributed by atoms with Gasteiger partial charge in [0.2, 0.25) is 5.82 Å². The first-order valence-corrected chi connectivity index (χ1v) is 11.5. The molecule has 8 heteroatoms. The molecule has 1 N–H and O–H groups in total. The number of nitrogens with zero attached hydrogens (tertiary/aromatic N) is 3. The first kappa shape index (κ1) is 22.8. The van der Waals surface area contributed by atoms with Crippen LogP contribution in [0.15, 0.2) is 83.0 Å². The van der Waals surface area contributed by atoms with Crippen LogP contribution in [0.25, 0.3) is 17.0 Å². The highest BCUT2D eigenvalue weighted by Crippen LogP contribution is 2.38. The number of amides is 2. The second kappa shape index (κ2) is 9.35. The van der Waals surface area contributed by atoms with Gasteiger partial charge in [0, 0.05) is 16.3 Å². The number of carbonyl (C=O) groups excluding carboxylic acids is 1. The third-order valence-electron chi connectivity index (χ3n) is 6.05. The average Bonchev–Trinajstić information content (AvgIpc) is 3.33. The summed E-state index contributed by atoms with van der Waals surface area (Å²) < 4.78 is 19.3. The monoisotopic (exact) mass is 488 g/mol. The van der Waals surface area contributed by atoms with Crippen molar-refractivity contribution in [1.82, 2.24) is 20.4 Å². The molecule has 0 fully saturated rings. The first-order chi connectivity index (χ1) is 16.9. The second-order valence-corrected chi connectivity index (χ2v) is 8.81. The van der Waals surface area contributed by atoms with E-state index < -0.39 is 6.04 Å². The number of aryl methyl sites for hydroxylation is 1. The van der Waals surface area contributed by atoms with Gasteiger partial charge in [-0.1, -0.05) is 76.9 Å². The summed E-state index contributed by atoms with van der Waals surface area (Å²) in [7, 11) is 0. The highest BCUT2D eigenvalue weighted by atomic mass is 35.5. The molecule has 4 aromatic rings. The van der Waals surface area contributed by atoms with Crippen LogP contribution in [-0.4, -0.2) is 21.1 Å². The number of hydrogen-bond acceptors (Lipinski definition) is 4. The van der Waals surface area contributed by atoms with Gasteiger partial charge in [0.05, 0.1) is 18.2 Å². The molecule has 5 rings (SSSR count). The van der Waals surface area contributed by atoms with E-state index in [1.54, 1.807) is 23.1 Å². The van der Waals surface area contributed by atoms with Gasteiger partial charge in [0.15, 0.2) is 0 Å². The zero-order valence-corrected chi connectivity index (χ0v) is 19.9. The number of urea groups is 1. The molecule has 0 saturated heterocycles. The van der Waals surface area contributed by atoms with E-state index in [1.807, 2.05) is 56.3 Å². The third-order valence-corrected chi connectivity index (χ3v) is 6.42. The molecule has 0 aliphatic carbocycles. The first-order valence-electron chi connectivity index (χ1n) is 11.1. The summed E-state index contributed by atoms with van der Waals surface area (Å²) in [4.78, 5) is 19.4. The predicted octanol–water partition coefficient (Wildman–Crippen LogP) is 6.54. The van der Waals surface area contributed by atoms with Crippen molar-refractivity contribution in [2.75, 3.05) is 0 Å². The Kier molecular flexibility index (Phi) is 6.09. The SMILES string of the molecule is CC1=C(c2nc(-c3ccc(C)cc3)no2)C(c2ccc(F)cc2)NC(=O)N1Cc1ccccc1Cl. The Balaban J connectivity index is 1.60. The molecule has 1 aromatic heterocycles.